The molecule has 4 rings (SSSR count). The summed E-state index contributed by atoms with van der Waals surface area (Å²) in [4.78, 5) is -0.543. The number of hydrogen-bond acceptors (Lipinski definition) is 5. The van der Waals surface area contributed by atoms with E-state index < -0.39 is 36.4 Å². The van der Waals surface area contributed by atoms with Crippen molar-refractivity contribution in [3.8, 4) is 22.6 Å². The van der Waals surface area contributed by atoms with Gasteiger partial charge < -0.3 is 4.42 Å². The number of anilines is 1. The van der Waals surface area contributed by atoms with Gasteiger partial charge in [0.05, 0.1) is 11.1 Å². The van der Waals surface area contributed by atoms with Gasteiger partial charge in [-0.15, -0.1) is 0 Å². The minimum atomic E-state index is -4.28. The summed E-state index contributed by atoms with van der Waals surface area (Å²) in [7, 11) is -8.48. The van der Waals surface area contributed by atoms with Gasteiger partial charge in [-0.25, -0.2) is 26.4 Å². The zero-order valence-corrected chi connectivity index (χ0v) is 18.0. The number of hydrogen-bond donors (Lipinski definition) is 2. The SMILES string of the molecule is NS(=O)(=O)c1ccc(F)cc1NS(=O)(=O)/C=C/c1ccccc1-c1ccc2cccc-2o1. The van der Waals surface area contributed by atoms with Crippen molar-refractivity contribution in [2.75, 3.05) is 4.72 Å². The first-order chi connectivity index (χ1) is 15.1. The van der Waals surface area contributed by atoms with E-state index in [1.807, 2.05) is 29.0 Å². The number of benzene rings is 2. The lowest BCUT2D eigenvalue weighted by atomic mass is 10.0. The highest BCUT2D eigenvalue weighted by Crippen LogP contribution is 2.32. The average Bonchev–Trinajstić information content (AvgIpc) is 3.19. The van der Waals surface area contributed by atoms with Crippen LogP contribution in [-0.4, -0.2) is 16.8 Å². The van der Waals surface area contributed by atoms with Gasteiger partial charge in [0.15, 0.2) is 0 Å². The molecule has 7 nitrogen and oxygen atoms in total. The maximum absolute atomic E-state index is 13.6. The van der Waals surface area contributed by atoms with Gasteiger partial charge in [-0.2, -0.15) is 0 Å². The molecule has 0 saturated carbocycles. The van der Waals surface area contributed by atoms with Gasteiger partial charge in [0.25, 0.3) is 10.0 Å². The summed E-state index contributed by atoms with van der Waals surface area (Å²) in [5, 5.41) is 5.95. The van der Waals surface area contributed by atoms with Gasteiger partial charge in [0, 0.05) is 11.1 Å². The molecule has 1 aliphatic carbocycles. The van der Waals surface area contributed by atoms with Crippen LogP contribution in [0, 0.1) is 5.82 Å². The van der Waals surface area contributed by atoms with Crippen LogP contribution in [-0.2, 0) is 20.0 Å². The van der Waals surface area contributed by atoms with Gasteiger partial charge in [-0.1, -0.05) is 36.4 Å². The summed E-state index contributed by atoms with van der Waals surface area (Å²) in [5.41, 5.74) is 1.65. The fourth-order valence-corrected chi connectivity index (χ4v) is 4.77. The zero-order valence-electron chi connectivity index (χ0n) is 16.4. The van der Waals surface area contributed by atoms with Crippen LogP contribution >= 0.6 is 0 Å². The lowest BCUT2D eigenvalue weighted by molar-refractivity contribution is 0.583. The third-order valence-corrected chi connectivity index (χ3v) is 6.56. The van der Waals surface area contributed by atoms with Crippen molar-refractivity contribution < 1.29 is 25.6 Å². The molecular weight excluding hydrogens is 455 g/mol. The van der Waals surface area contributed by atoms with Crippen LogP contribution in [0.1, 0.15) is 5.56 Å². The van der Waals surface area contributed by atoms with Crippen LogP contribution in [0.4, 0.5) is 10.1 Å². The van der Waals surface area contributed by atoms with E-state index in [2.05, 4.69) is 0 Å². The van der Waals surface area contributed by atoms with E-state index in [1.165, 1.54) is 6.08 Å². The molecule has 0 radical (unpaired) electrons. The first-order valence-corrected chi connectivity index (χ1v) is 12.3. The molecule has 2 aromatic carbocycles. The Hall–Kier alpha value is -3.47. The molecular formula is C22H17FN2O5S2. The van der Waals surface area contributed by atoms with Crippen molar-refractivity contribution in [3.05, 3.63) is 89.6 Å². The van der Waals surface area contributed by atoms with Crippen molar-refractivity contribution in [1.82, 2.24) is 0 Å². The quantitative estimate of drug-likeness (QED) is 0.435. The molecule has 0 bridgehead atoms. The topological polar surface area (TPSA) is 119 Å². The molecule has 32 heavy (non-hydrogen) atoms. The first-order valence-electron chi connectivity index (χ1n) is 9.24. The van der Waals surface area contributed by atoms with E-state index in [0.29, 0.717) is 22.6 Å². The minimum absolute atomic E-state index is 0.484. The van der Waals surface area contributed by atoms with Gasteiger partial charge >= 0.3 is 0 Å². The number of halogens is 1. The summed E-state index contributed by atoms with van der Waals surface area (Å²) < 4.78 is 70.1. The molecule has 10 heteroatoms. The van der Waals surface area contributed by atoms with Gasteiger partial charge in [-0.05, 0) is 48.0 Å². The zero-order chi connectivity index (χ0) is 22.9. The predicted molar refractivity (Wildman–Crippen MR) is 120 cm³/mol. The van der Waals surface area contributed by atoms with Crippen LogP contribution < -0.4 is 9.86 Å². The Kier molecular flexibility index (Phi) is 5.59. The standard InChI is InChI=1S/C22H17FN2O5S2/c23-17-9-11-22(32(24,28)29)19(14-17)25-31(26,27)13-12-15-4-1-2-6-18(15)21-10-8-16-5-3-7-20(16)30-21/h1-14,25H,(H2,24,28,29)/b13-12+. The molecule has 0 atom stereocenters. The fourth-order valence-electron chi connectivity index (χ4n) is 3.16. The molecule has 0 unspecified atom stereocenters. The average molecular weight is 473 g/mol. The summed E-state index contributed by atoms with van der Waals surface area (Å²) in [6, 6.07) is 18.8. The van der Waals surface area contributed by atoms with Gasteiger partial charge in [0.2, 0.25) is 10.0 Å². The third-order valence-electron chi connectivity index (χ3n) is 4.60. The van der Waals surface area contributed by atoms with Gasteiger partial charge in [0.1, 0.15) is 22.2 Å². The number of nitrogens with one attached hydrogen (secondary N) is 1. The van der Waals surface area contributed by atoms with E-state index in [-0.39, 0.29) is 0 Å². The van der Waals surface area contributed by atoms with E-state index in [9.17, 15) is 21.2 Å². The normalized spacial score (nSPS) is 12.4. The Labute approximate surface area is 184 Å². The molecule has 0 amide bonds. The summed E-state index contributed by atoms with van der Waals surface area (Å²) in [5.74, 6) is 0.405. The molecule has 1 heterocycles. The van der Waals surface area contributed by atoms with E-state index in [4.69, 9.17) is 9.56 Å². The summed E-state index contributed by atoms with van der Waals surface area (Å²) in [6.07, 6.45) is 1.33. The monoisotopic (exact) mass is 472 g/mol. The van der Waals surface area contributed by atoms with Crippen molar-refractivity contribution in [2.45, 2.75) is 4.90 Å². The molecule has 2 aromatic rings. The van der Waals surface area contributed by atoms with E-state index in [0.717, 1.165) is 29.2 Å². The summed E-state index contributed by atoms with van der Waals surface area (Å²) in [6.45, 7) is 0. The van der Waals surface area contributed by atoms with Crippen LogP contribution in [0.15, 0.2) is 87.5 Å². The second kappa shape index (κ2) is 8.23. The van der Waals surface area contributed by atoms with Gasteiger partial charge in [-0.3, -0.25) is 4.72 Å². The number of fused-ring (bicyclic) bond motifs is 1. The van der Waals surface area contributed by atoms with Crippen molar-refractivity contribution in [1.29, 1.82) is 0 Å². The van der Waals surface area contributed by atoms with Crippen molar-refractivity contribution >= 4 is 31.8 Å². The van der Waals surface area contributed by atoms with E-state index >= 15 is 0 Å². The third kappa shape index (κ3) is 4.72. The smallest absolute Gasteiger partial charge is 0.255 e. The maximum atomic E-state index is 13.6. The highest BCUT2D eigenvalue weighted by molar-refractivity contribution is 7.95. The molecule has 0 aromatic heterocycles. The predicted octanol–water partition coefficient (Wildman–Crippen LogP) is 4.25. The number of primary sulfonamides is 1. The number of nitrogens with two attached hydrogens (primary N) is 1. The second-order valence-electron chi connectivity index (χ2n) is 6.87. The highest BCUT2D eigenvalue weighted by Gasteiger charge is 2.18. The minimum Gasteiger partial charge on any atom is -0.456 e. The molecule has 3 N–H and O–H groups in total. The Bertz CT molecular complexity index is 1510. The molecule has 1 aliphatic heterocycles. The lowest BCUT2D eigenvalue weighted by Gasteiger charge is -2.10. The Morgan fingerprint density at radius 2 is 1.66 bits per heavy atom. The molecule has 0 spiro atoms. The molecule has 2 aliphatic rings. The Morgan fingerprint density at radius 3 is 2.44 bits per heavy atom. The second-order valence-corrected chi connectivity index (χ2v) is 9.96. The molecule has 164 valence electrons. The molecule has 0 fully saturated rings. The Morgan fingerprint density at radius 1 is 0.875 bits per heavy atom. The van der Waals surface area contributed by atoms with Crippen molar-refractivity contribution in [2.24, 2.45) is 5.14 Å². The summed E-state index contributed by atoms with van der Waals surface area (Å²) >= 11 is 0. The molecule has 0 saturated heterocycles. The maximum Gasteiger partial charge on any atom is 0.255 e. The highest BCUT2D eigenvalue weighted by atomic mass is 32.2. The number of sulfonamides is 2. The fraction of sp³-hybridized carbons (Fsp3) is 0. The first kappa shape index (κ1) is 21.8. The number of rotatable bonds is 6. The van der Waals surface area contributed by atoms with E-state index in [1.54, 1.807) is 30.3 Å². The van der Waals surface area contributed by atoms with Crippen LogP contribution in [0.3, 0.4) is 0 Å². The largest absolute Gasteiger partial charge is 0.456 e. The van der Waals surface area contributed by atoms with Crippen LogP contribution in [0.5, 0.6) is 0 Å². The van der Waals surface area contributed by atoms with Crippen LogP contribution in [0.25, 0.3) is 28.7 Å². The van der Waals surface area contributed by atoms with Crippen LogP contribution in [0.2, 0.25) is 0 Å². The van der Waals surface area contributed by atoms with Crippen molar-refractivity contribution in [3.63, 3.8) is 0 Å². The lowest BCUT2D eigenvalue weighted by Crippen LogP contribution is -2.17. The Balaban J connectivity index is 1.68.